The van der Waals surface area contributed by atoms with E-state index in [0.29, 0.717) is 6.42 Å². The van der Waals surface area contributed by atoms with Gasteiger partial charge in [0, 0.05) is 12.3 Å². The van der Waals surface area contributed by atoms with Gasteiger partial charge in [-0.1, -0.05) is 37.3 Å². The molecule has 2 N–H and O–H groups in total. The fourth-order valence-electron chi connectivity index (χ4n) is 2.65. The minimum Gasteiger partial charge on any atom is -0.481 e. The summed E-state index contributed by atoms with van der Waals surface area (Å²) in [5.74, 6) is -1.77. The minimum absolute atomic E-state index is 0.0183. The molecule has 0 bridgehead atoms. The SMILES string of the molecule is CC(CC(CP(=O)(O)Cc1ccccc1)C(=O)O)c1ccsc1. The van der Waals surface area contributed by atoms with Crippen LogP contribution in [-0.4, -0.2) is 22.1 Å². The Morgan fingerprint density at radius 3 is 2.52 bits per heavy atom. The summed E-state index contributed by atoms with van der Waals surface area (Å²) in [4.78, 5) is 21.7. The van der Waals surface area contributed by atoms with E-state index < -0.39 is 19.3 Å². The van der Waals surface area contributed by atoms with E-state index in [1.54, 1.807) is 23.5 Å². The van der Waals surface area contributed by atoms with E-state index >= 15 is 0 Å². The van der Waals surface area contributed by atoms with E-state index in [9.17, 15) is 19.4 Å². The van der Waals surface area contributed by atoms with Crippen LogP contribution in [0.3, 0.4) is 0 Å². The maximum atomic E-state index is 12.5. The average Bonchev–Trinajstić information content (AvgIpc) is 3.01. The Bertz CT molecular complexity index is 669. The maximum Gasteiger partial charge on any atom is 0.307 e. The maximum absolute atomic E-state index is 12.5. The Morgan fingerprint density at radius 2 is 1.96 bits per heavy atom. The van der Waals surface area contributed by atoms with Crippen LogP contribution < -0.4 is 0 Å². The van der Waals surface area contributed by atoms with Gasteiger partial charge in [-0.15, -0.1) is 0 Å². The van der Waals surface area contributed by atoms with Gasteiger partial charge in [-0.3, -0.25) is 9.36 Å². The first-order valence-electron chi connectivity index (χ1n) is 7.47. The van der Waals surface area contributed by atoms with Gasteiger partial charge in [-0.25, -0.2) is 0 Å². The summed E-state index contributed by atoms with van der Waals surface area (Å²) in [7, 11) is -3.54. The van der Waals surface area contributed by atoms with Crippen molar-refractivity contribution < 1.29 is 19.4 Å². The number of benzene rings is 1. The number of rotatable bonds is 8. The third kappa shape index (κ3) is 5.61. The van der Waals surface area contributed by atoms with Gasteiger partial charge >= 0.3 is 5.97 Å². The highest BCUT2D eigenvalue weighted by molar-refractivity contribution is 7.57. The van der Waals surface area contributed by atoms with Gasteiger partial charge < -0.3 is 10.00 Å². The Labute approximate surface area is 140 Å². The molecule has 1 aromatic carbocycles. The number of hydrogen-bond donors (Lipinski definition) is 2. The molecular weight excluding hydrogens is 331 g/mol. The van der Waals surface area contributed by atoms with Crippen LogP contribution in [-0.2, 0) is 15.5 Å². The lowest BCUT2D eigenvalue weighted by atomic mass is 9.93. The highest BCUT2D eigenvalue weighted by atomic mass is 32.1. The van der Waals surface area contributed by atoms with Crippen molar-refractivity contribution in [2.45, 2.75) is 25.4 Å². The van der Waals surface area contributed by atoms with Crippen molar-refractivity contribution in [1.82, 2.24) is 0 Å². The molecule has 124 valence electrons. The molecule has 0 radical (unpaired) electrons. The Morgan fingerprint density at radius 1 is 1.26 bits per heavy atom. The number of thiophene rings is 1. The molecule has 3 unspecified atom stereocenters. The summed E-state index contributed by atoms with van der Waals surface area (Å²) in [5.41, 5.74) is 1.84. The zero-order valence-corrected chi connectivity index (χ0v) is 14.7. The lowest BCUT2D eigenvalue weighted by Crippen LogP contribution is -2.20. The van der Waals surface area contributed by atoms with Crippen LogP contribution in [0.1, 0.15) is 30.4 Å². The van der Waals surface area contributed by atoms with Crippen molar-refractivity contribution in [2.24, 2.45) is 5.92 Å². The second-order valence-corrected chi connectivity index (χ2v) is 9.06. The summed E-state index contributed by atoms with van der Waals surface area (Å²) < 4.78 is 12.5. The summed E-state index contributed by atoms with van der Waals surface area (Å²) in [5, 5.41) is 13.4. The predicted molar refractivity (Wildman–Crippen MR) is 93.3 cm³/mol. The van der Waals surface area contributed by atoms with E-state index in [2.05, 4.69) is 0 Å². The molecule has 1 heterocycles. The third-order valence-electron chi connectivity index (χ3n) is 3.88. The first kappa shape index (κ1) is 17.9. The summed E-state index contributed by atoms with van der Waals surface area (Å²) in [6.45, 7) is 1.96. The van der Waals surface area contributed by atoms with Crippen molar-refractivity contribution in [3.8, 4) is 0 Å². The number of hydrogen-bond acceptors (Lipinski definition) is 3. The largest absolute Gasteiger partial charge is 0.481 e. The molecular formula is C17H21O4PS. The number of carboxylic acids is 1. The van der Waals surface area contributed by atoms with Crippen LogP contribution in [0.5, 0.6) is 0 Å². The standard InChI is InChI=1S/C17H21O4PS/c1-13(15-7-8-23-12-15)9-16(17(18)19)11-22(20,21)10-14-5-3-2-4-6-14/h2-8,12-13,16H,9-11H2,1H3,(H,18,19)(H,20,21). The molecule has 0 aliphatic carbocycles. The quantitative estimate of drug-likeness (QED) is 0.690. The lowest BCUT2D eigenvalue weighted by Gasteiger charge is -2.20. The van der Waals surface area contributed by atoms with Gasteiger partial charge in [0.2, 0.25) is 7.37 Å². The van der Waals surface area contributed by atoms with Gasteiger partial charge in [0.05, 0.1) is 5.92 Å². The van der Waals surface area contributed by atoms with Gasteiger partial charge in [0.25, 0.3) is 0 Å². The lowest BCUT2D eigenvalue weighted by molar-refractivity contribution is -0.141. The van der Waals surface area contributed by atoms with Gasteiger partial charge in [-0.2, -0.15) is 11.3 Å². The summed E-state index contributed by atoms with van der Waals surface area (Å²) >= 11 is 1.57. The Balaban J connectivity index is 2.03. The van der Waals surface area contributed by atoms with Crippen molar-refractivity contribution in [3.05, 3.63) is 58.3 Å². The van der Waals surface area contributed by atoms with Gasteiger partial charge in [-0.05, 0) is 40.3 Å². The number of carboxylic acid groups (broad SMARTS) is 1. The molecule has 0 spiro atoms. The molecule has 0 saturated heterocycles. The molecule has 3 atom stereocenters. The predicted octanol–water partition coefficient (Wildman–Crippen LogP) is 4.41. The van der Waals surface area contributed by atoms with E-state index in [-0.39, 0.29) is 18.2 Å². The van der Waals surface area contributed by atoms with Crippen molar-refractivity contribution >= 4 is 24.7 Å². The van der Waals surface area contributed by atoms with Gasteiger partial charge in [0.15, 0.2) is 0 Å². The first-order chi connectivity index (χ1) is 10.9. The first-order valence-corrected chi connectivity index (χ1v) is 10.4. The van der Waals surface area contributed by atoms with E-state index in [1.165, 1.54) is 0 Å². The number of aliphatic carboxylic acids is 1. The molecule has 1 aromatic heterocycles. The topological polar surface area (TPSA) is 74.6 Å². The third-order valence-corrected chi connectivity index (χ3v) is 6.45. The fraction of sp³-hybridized carbons (Fsp3) is 0.353. The molecule has 0 amide bonds. The minimum atomic E-state index is -3.54. The number of carbonyl (C=O) groups is 1. The normalized spacial score (nSPS) is 16.4. The molecule has 2 rings (SSSR count). The van der Waals surface area contributed by atoms with Crippen LogP contribution in [0, 0.1) is 5.92 Å². The van der Waals surface area contributed by atoms with Crippen molar-refractivity contribution in [1.29, 1.82) is 0 Å². The van der Waals surface area contributed by atoms with Crippen molar-refractivity contribution in [2.75, 3.05) is 6.16 Å². The monoisotopic (exact) mass is 352 g/mol. The van der Waals surface area contributed by atoms with Crippen LogP contribution >= 0.6 is 18.7 Å². The van der Waals surface area contributed by atoms with E-state index in [4.69, 9.17) is 0 Å². The van der Waals surface area contributed by atoms with Crippen LogP contribution in [0.2, 0.25) is 0 Å². The zero-order valence-electron chi connectivity index (χ0n) is 13.0. The molecule has 2 aromatic rings. The summed E-state index contributed by atoms with van der Waals surface area (Å²) in [6.07, 6.45) is 0.196. The Kier molecular flexibility index (Phi) is 6.17. The highest BCUT2D eigenvalue weighted by Crippen LogP contribution is 2.47. The zero-order chi connectivity index (χ0) is 16.9. The second-order valence-electron chi connectivity index (χ2n) is 5.90. The van der Waals surface area contributed by atoms with Crippen LogP contribution in [0.4, 0.5) is 0 Å². The van der Waals surface area contributed by atoms with Crippen LogP contribution in [0.25, 0.3) is 0 Å². The van der Waals surface area contributed by atoms with Gasteiger partial charge in [0.1, 0.15) is 0 Å². The molecule has 0 aliphatic rings. The summed E-state index contributed by atoms with van der Waals surface area (Å²) in [6, 6.07) is 11.0. The molecule has 4 nitrogen and oxygen atoms in total. The molecule has 0 saturated carbocycles. The Hall–Kier alpha value is -1.42. The van der Waals surface area contributed by atoms with Crippen LogP contribution in [0.15, 0.2) is 47.2 Å². The highest BCUT2D eigenvalue weighted by Gasteiger charge is 2.30. The molecule has 0 fully saturated rings. The molecule has 23 heavy (non-hydrogen) atoms. The fourth-order valence-corrected chi connectivity index (χ4v) is 5.34. The van der Waals surface area contributed by atoms with Crippen molar-refractivity contribution in [3.63, 3.8) is 0 Å². The second kappa shape index (κ2) is 7.91. The van der Waals surface area contributed by atoms with E-state index in [1.807, 2.05) is 41.9 Å². The molecule has 0 aliphatic heterocycles. The smallest absolute Gasteiger partial charge is 0.307 e. The average molecular weight is 352 g/mol. The van der Waals surface area contributed by atoms with E-state index in [0.717, 1.165) is 11.1 Å². The molecule has 6 heteroatoms.